The van der Waals surface area contributed by atoms with Crippen LogP contribution in [0.2, 0.25) is 0 Å². The number of fused-ring (bicyclic) bond motifs is 1. The summed E-state index contributed by atoms with van der Waals surface area (Å²) in [6.45, 7) is 2.89. The normalized spacial score (nSPS) is 19.6. The minimum atomic E-state index is -3.64. The van der Waals surface area contributed by atoms with Gasteiger partial charge in [0.25, 0.3) is 0 Å². The Morgan fingerprint density at radius 3 is 3.00 bits per heavy atom. The van der Waals surface area contributed by atoms with Crippen LogP contribution in [0.3, 0.4) is 0 Å². The Morgan fingerprint density at radius 2 is 2.29 bits per heavy atom. The highest BCUT2D eigenvalue weighted by molar-refractivity contribution is 7.89. The van der Waals surface area contributed by atoms with Gasteiger partial charge in [-0.1, -0.05) is 0 Å². The zero-order valence-electron chi connectivity index (χ0n) is 11.5. The van der Waals surface area contributed by atoms with E-state index in [4.69, 9.17) is 0 Å². The molecule has 1 aromatic carbocycles. The van der Waals surface area contributed by atoms with Crippen LogP contribution in [0.25, 0.3) is 11.0 Å². The summed E-state index contributed by atoms with van der Waals surface area (Å²) in [5.74, 6) is -0.0192. The maximum absolute atomic E-state index is 12.4. The fourth-order valence-corrected chi connectivity index (χ4v) is 3.78. The second-order valence-corrected chi connectivity index (χ2v) is 6.75. The highest BCUT2D eigenvalue weighted by Crippen LogP contribution is 2.18. The van der Waals surface area contributed by atoms with Gasteiger partial charge in [0.2, 0.25) is 15.9 Å². The van der Waals surface area contributed by atoms with Gasteiger partial charge in [-0.05, 0) is 25.1 Å². The molecule has 1 fully saturated rings. The van der Waals surface area contributed by atoms with Crippen molar-refractivity contribution in [2.45, 2.75) is 24.3 Å². The Bertz CT molecular complexity index is 784. The number of amides is 1. The van der Waals surface area contributed by atoms with E-state index >= 15 is 0 Å². The zero-order valence-corrected chi connectivity index (χ0v) is 12.4. The van der Waals surface area contributed by atoms with Crippen molar-refractivity contribution in [3.05, 3.63) is 24.5 Å². The summed E-state index contributed by atoms with van der Waals surface area (Å²) >= 11 is 0. The van der Waals surface area contributed by atoms with Crippen LogP contribution in [0, 0.1) is 0 Å². The van der Waals surface area contributed by atoms with E-state index in [1.165, 1.54) is 12.4 Å². The van der Waals surface area contributed by atoms with E-state index in [2.05, 4.69) is 14.7 Å². The fourth-order valence-electron chi connectivity index (χ4n) is 2.53. The quantitative estimate of drug-likeness (QED) is 0.858. The molecular weight excluding hydrogens is 292 g/mol. The second-order valence-electron chi connectivity index (χ2n) is 5.04. The van der Waals surface area contributed by atoms with Crippen LogP contribution in [-0.2, 0) is 14.8 Å². The van der Waals surface area contributed by atoms with Crippen LogP contribution in [-0.4, -0.2) is 48.3 Å². The van der Waals surface area contributed by atoms with E-state index in [0.717, 1.165) is 0 Å². The molecule has 1 aliphatic rings. The second kappa shape index (κ2) is 5.12. The number of hydrogen-bond donors (Lipinski definition) is 2. The number of benzene rings is 1. The molecule has 3 rings (SSSR count). The SMILES string of the molecule is CCN1CC(NS(=O)(=O)c2ccc3nc[nH]c3c2)CC1=O. The largest absolute Gasteiger partial charge is 0.345 e. The van der Waals surface area contributed by atoms with E-state index in [1.54, 1.807) is 17.0 Å². The number of sulfonamides is 1. The van der Waals surface area contributed by atoms with Crippen molar-refractivity contribution < 1.29 is 13.2 Å². The van der Waals surface area contributed by atoms with Crippen molar-refractivity contribution in [1.29, 1.82) is 0 Å². The molecule has 1 unspecified atom stereocenters. The Hall–Kier alpha value is -1.93. The number of carbonyl (C=O) groups excluding carboxylic acids is 1. The van der Waals surface area contributed by atoms with Gasteiger partial charge in [0, 0.05) is 25.6 Å². The molecule has 1 atom stereocenters. The number of likely N-dealkylation sites (N-methyl/N-ethyl adjacent to an activating group) is 1. The highest BCUT2D eigenvalue weighted by atomic mass is 32.2. The minimum Gasteiger partial charge on any atom is -0.345 e. The van der Waals surface area contributed by atoms with Crippen LogP contribution in [0.15, 0.2) is 29.4 Å². The van der Waals surface area contributed by atoms with Crippen molar-refractivity contribution in [2.24, 2.45) is 0 Å². The third-order valence-electron chi connectivity index (χ3n) is 3.62. The monoisotopic (exact) mass is 308 g/mol. The van der Waals surface area contributed by atoms with Crippen LogP contribution in [0.5, 0.6) is 0 Å². The first-order chi connectivity index (χ1) is 9.99. The molecule has 112 valence electrons. The minimum absolute atomic E-state index is 0.0192. The Balaban J connectivity index is 1.82. The number of likely N-dealkylation sites (tertiary alicyclic amines) is 1. The number of aromatic amines is 1. The molecular formula is C13H16N4O3S. The van der Waals surface area contributed by atoms with Crippen LogP contribution < -0.4 is 4.72 Å². The summed E-state index contributed by atoms with van der Waals surface area (Å²) in [7, 11) is -3.64. The number of aromatic nitrogens is 2. The summed E-state index contributed by atoms with van der Waals surface area (Å²) in [5, 5.41) is 0. The lowest BCUT2D eigenvalue weighted by Gasteiger charge is -2.15. The Labute approximate surface area is 122 Å². The molecule has 8 heteroatoms. The molecule has 2 N–H and O–H groups in total. The Kier molecular flexibility index (Phi) is 3.42. The molecule has 1 saturated heterocycles. The predicted octanol–water partition coefficient (Wildman–Crippen LogP) is 0.462. The predicted molar refractivity (Wildman–Crippen MR) is 77.1 cm³/mol. The van der Waals surface area contributed by atoms with Gasteiger partial charge in [0.15, 0.2) is 0 Å². The smallest absolute Gasteiger partial charge is 0.240 e. The number of H-pyrrole nitrogens is 1. The van der Waals surface area contributed by atoms with Crippen molar-refractivity contribution in [3.8, 4) is 0 Å². The first-order valence-corrected chi connectivity index (χ1v) is 8.21. The first-order valence-electron chi connectivity index (χ1n) is 6.73. The summed E-state index contributed by atoms with van der Waals surface area (Å²) in [6, 6.07) is 4.33. The zero-order chi connectivity index (χ0) is 15.0. The molecule has 0 radical (unpaired) electrons. The lowest BCUT2D eigenvalue weighted by Crippen LogP contribution is -2.37. The van der Waals surface area contributed by atoms with Gasteiger partial charge in [0.05, 0.1) is 22.3 Å². The maximum Gasteiger partial charge on any atom is 0.240 e. The average Bonchev–Trinajstić information content (AvgIpc) is 3.03. The van der Waals surface area contributed by atoms with Gasteiger partial charge in [0.1, 0.15) is 0 Å². The molecule has 1 aliphatic heterocycles. The standard InChI is InChI=1S/C13H16N4O3S/c1-2-17-7-9(5-13(17)18)16-21(19,20)10-3-4-11-12(6-10)15-8-14-11/h3-4,6,8-9,16H,2,5,7H2,1H3,(H,14,15). The molecule has 1 aromatic heterocycles. The van der Waals surface area contributed by atoms with Gasteiger partial charge >= 0.3 is 0 Å². The van der Waals surface area contributed by atoms with Crippen molar-refractivity contribution >= 4 is 27.0 Å². The lowest BCUT2D eigenvalue weighted by atomic mass is 10.3. The number of hydrogen-bond acceptors (Lipinski definition) is 4. The van der Waals surface area contributed by atoms with Gasteiger partial charge in [-0.2, -0.15) is 0 Å². The molecule has 1 amide bonds. The average molecular weight is 308 g/mol. The van der Waals surface area contributed by atoms with E-state index in [-0.39, 0.29) is 23.3 Å². The molecule has 0 aliphatic carbocycles. The third kappa shape index (κ3) is 2.64. The van der Waals surface area contributed by atoms with Crippen LogP contribution in [0.1, 0.15) is 13.3 Å². The number of rotatable bonds is 4. The van der Waals surface area contributed by atoms with Gasteiger partial charge < -0.3 is 9.88 Å². The molecule has 21 heavy (non-hydrogen) atoms. The number of nitrogens with zero attached hydrogens (tertiary/aromatic N) is 2. The third-order valence-corrected chi connectivity index (χ3v) is 5.14. The van der Waals surface area contributed by atoms with E-state index in [0.29, 0.717) is 24.1 Å². The first kappa shape index (κ1) is 14.0. The molecule has 0 bridgehead atoms. The fraction of sp³-hybridized carbons (Fsp3) is 0.385. The molecule has 7 nitrogen and oxygen atoms in total. The van der Waals surface area contributed by atoms with E-state index < -0.39 is 10.0 Å². The van der Waals surface area contributed by atoms with Gasteiger partial charge in [-0.3, -0.25) is 4.79 Å². The molecule has 0 spiro atoms. The van der Waals surface area contributed by atoms with Crippen molar-refractivity contribution in [1.82, 2.24) is 19.6 Å². The number of carbonyl (C=O) groups is 1. The van der Waals surface area contributed by atoms with Crippen molar-refractivity contribution in [2.75, 3.05) is 13.1 Å². The molecule has 2 heterocycles. The van der Waals surface area contributed by atoms with Crippen LogP contribution >= 0.6 is 0 Å². The summed E-state index contributed by atoms with van der Waals surface area (Å²) in [4.78, 5) is 20.4. The van der Waals surface area contributed by atoms with E-state index in [1.807, 2.05) is 6.92 Å². The number of imidazole rings is 1. The topological polar surface area (TPSA) is 95.2 Å². The highest BCUT2D eigenvalue weighted by Gasteiger charge is 2.31. The van der Waals surface area contributed by atoms with Crippen molar-refractivity contribution in [3.63, 3.8) is 0 Å². The summed E-state index contributed by atoms with van der Waals surface area (Å²) in [5.41, 5.74) is 1.37. The molecule has 0 saturated carbocycles. The summed E-state index contributed by atoms with van der Waals surface area (Å²) < 4.78 is 27.4. The Morgan fingerprint density at radius 1 is 1.48 bits per heavy atom. The van der Waals surface area contributed by atoms with Gasteiger partial charge in [-0.25, -0.2) is 18.1 Å². The van der Waals surface area contributed by atoms with Crippen LogP contribution in [0.4, 0.5) is 0 Å². The van der Waals surface area contributed by atoms with Gasteiger partial charge in [-0.15, -0.1) is 0 Å². The number of nitrogens with one attached hydrogen (secondary N) is 2. The molecule has 2 aromatic rings. The lowest BCUT2D eigenvalue weighted by molar-refractivity contribution is -0.127. The maximum atomic E-state index is 12.4. The van der Waals surface area contributed by atoms with E-state index in [9.17, 15) is 13.2 Å². The summed E-state index contributed by atoms with van der Waals surface area (Å²) in [6.07, 6.45) is 1.72.